The number of thioether (sulfide) groups is 1. The van der Waals surface area contributed by atoms with E-state index in [1.807, 2.05) is 19.9 Å². The Morgan fingerprint density at radius 1 is 1.04 bits per heavy atom. The number of hydrogen-bond donors (Lipinski definition) is 1. The highest BCUT2D eigenvalue weighted by Crippen LogP contribution is 2.14. The van der Waals surface area contributed by atoms with Gasteiger partial charge in [0.05, 0.1) is 17.9 Å². The van der Waals surface area contributed by atoms with Crippen LogP contribution in [0.15, 0.2) is 35.5 Å². The zero-order chi connectivity index (χ0) is 20.5. The van der Waals surface area contributed by atoms with Crippen LogP contribution in [0.3, 0.4) is 0 Å². The number of aromatic nitrogens is 2. The summed E-state index contributed by atoms with van der Waals surface area (Å²) < 4.78 is 9.84. The normalized spacial score (nSPS) is 10.2. The number of benzene rings is 1. The van der Waals surface area contributed by atoms with Crippen molar-refractivity contribution in [3.8, 4) is 0 Å². The first-order chi connectivity index (χ1) is 13.4. The van der Waals surface area contributed by atoms with Crippen molar-refractivity contribution in [3.63, 3.8) is 0 Å². The Morgan fingerprint density at radius 3 is 2.29 bits per heavy atom. The lowest BCUT2D eigenvalue weighted by Gasteiger charge is -2.07. The van der Waals surface area contributed by atoms with E-state index in [1.54, 1.807) is 31.2 Å². The van der Waals surface area contributed by atoms with E-state index in [4.69, 9.17) is 9.47 Å². The van der Waals surface area contributed by atoms with E-state index in [2.05, 4.69) is 15.3 Å². The van der Waals surface area contributed by atoms with Gasteiger partial charge in [0.25, 0.3) is 5.91 Å². The molecule has 0 aliphatic heterocycles. The van der Waals surface area contributed by atoms with E-state index in [1.165, 1.54) is 0 Å². The summed E-state index contributed by atoms with van der Waals surface area (Å²) in [4.78, 5) is 43.7. The number of amides is 1. The van der Waals surface area contributed by atoms with Crippen LogP contribution < -0.4 is 5.32 Å². The number of nitrogens with zero attached hydrogens (tertiary/aromatic N) is 2. The SMILES string of the molecule is CCOC(=O)c1ccc(NC(=O)COC(=O)CSc2nc(C)cc(C)n2)cc1. The number of esters is 2. The summed E-state index contributed by atoms with van der Waals surface area (Å²) in [6, 6.07) is 8.06. The minimum atomic E-state index is -0.541. The Hall–Kier alpha value is -2.94. The van der Waals surface area contributed by atoms with Crippen LogP contribution in [0.2, 0.25) is 0 Å². The number of ether oxygens (including phenoxy) is 2. The average Bonchev–Trinajstić information content (AvgIpc) is 2.65. The standard InChI is InChI=1S/C19H21N3O5S/c1-4-26-18(25)14-5-7-15(8-6-14)22-16(23)10-27-17(24)11-28-19-20-12(2)9-13(3)21-19/h5-9H,4,10-11H2,1-3H3,(H,22,23). The fourth-order valence-electron chi connectivity index (χ4n) is 2.17. The monoisotopic (exact) mass is 403 g/mol. The number of carbonyl (C=O) groups excluding carboxylic acids is 3. The van der Waals surface area contributed by atoms with E-state index in [0.717, 1.165) is 23.1 Å². The van der Waals surface area contributed by atoms with Crippen LogP contribution in [-0.2, 0) is 19.1 Å². The van der Waals surface area contributed by atoms with Gasteiger partial charge in [-0.3, -0.25) is 9.59 Å². The molecule has 0 atom stereocenters. The number of aryl methyl sites for hydroxylation is 2. The van der Waals surface area contributed by atoms with E-state index in [0.29, 0.717) is 16.4 Å². The topological polar surface area (TPSA) is 107 Å². The van der Waals surface area contributed by atoms with Gasteiger partial charge in [0.1, 0.15) is 0 Å². The summed E-state index contributed by atoms with van der Waals surface area (Å²) >= 11 is 1.15. The number of carbonyl (C=O) groups is 3. The third-order valence-electron chi connectivity index (χ3n) is 3.32. The molecule has 0 aliphatic rings. The highest BCUT2D eigenvalue weighted by Gasteiger charge is 2.11. The maximum absolute atomic E-state index is 11.9. The molecule has 0 aliphatic carbocycles. The van der Waals surface area contributed by atoms with Gasteiger partial charge >= 0.3 is 11.9 Å². The fraction of sp³-hybridized carbons (Fsp3) is 0.316. The molecule has 8 nitrogen and oxygen atoms in total. The molecule has 1 N–H and O–H groups in total. The van der Waals surface area contributed by atoms with Gasteiger partial charge in [-0.2, -0.15) is 0 Å². The second-order valence-electron chi connectivity index (χ2n) is 5.73. The van der Waals surface area contributed by atoms with E-state index < -0.39 is 24.5 Å². The largest absolute Gasteiger partial charge is 0.462 e. The molecule has 2 rings (SSSR count). The average molecular weight is 403 g/mol. The Kier molecular flexibility index (Phi) is 7.94. The molecule has 148 valence electrons. The molecule has 0 fully saturated rings. The van der Waals surface area contributed by atoms with Gasteiger partial charge in [-0.1, -0.05) is 11.8 Å². The predicted molar refractivity (Wildman–Crippen MR) is 104 cm³/mol. The molecule has 2 aromatic rings. The third kappa shape index (κ3) is 6.99. The lowest BCUT2D eigenvalue weighted by atomic mass is 10.2. The van der Waals surface area contributed by atoms with Gasteiger partial charge in [0.2, 0.25) is 0 Å². The molecule has 0 spiro atoms. The lowest BCUT2D eigenvalue weighted by Crippen LogP contribution is -2.21. The van der Waals surface area contributed by atoms with Crippen LogP contribution in [0.25, 0.3) is 0 Å². The van der Waals surface area contributed by atoms with Crippen LogP contribution in [0.5, 0.6) is 0 Å². The Morgan fingerprint density at radius 2 is 1.68 bits per heavy atom. The first kappa shape index (κ1) is 21.4. The van der Waals surface area contributed by atoms with Crippen molar-refractivity contribution in [2.24, 2.45) is 0 Å². The van der Waals surface area contributed by atoms with Crippen LogP contribution in [-0.4, -0.2) is 46.8 Å². The van der Waals surface area contributed by atoms with E-state index in [9.17, 15) is 14.4 Å². The van der Waals surface area contributed by atoms with E-state index in [-0.39, 0.29) is 12.4 Å². The summed E-state index contributed by atoms with van der Waals surface area (Å²) in [5.41, 5.74) is 2.50. The van der Waals surface area contributed by atoms with E-state index >= 15 is 0 Å². The summed E-state index contributed by atoms with van der Waals surface area (Å²) in [5, 5.41) is 3.07. The van der Waals surface area contributed by atoms with Crippen molar-refractivity contribution >= 4 is 35.3 Å². The minimum Gasteiger partial charge on any atom is -0.462 e. The number of nitrogens with one attached hydrogen (secondary N) is 1. The molecule has 0 unspecified atom stereocenters. The number of rotatable bonds is 8. The van der Waals surface area contributed by atoms with Gasteiger partial charge in [-0.15, -0.1) is 0 Å². The fourth-order valence-corrected chi connectivity index (χ4v) is 2.92. The zero-order valence-electron chi connectivity index (χ0n) is 15.9. The molecule has 1 aromatic heterocycles. The van der Waals surface area contributed by atoms with Crippen LogP contribution in [0.4, 0.5) is 5.69 Å². The molecule has 28 heavy (non-hydrogen) atoms. The predicted octanol–water partition coefficient (Wildman–Crippen LogP) is 2.54. The lowest BCUT2D eigenvalue weighted by molar-refractivity contribution is -0.144. The van der Waals surface area contributed by atoms with Crippen molar-refractivity contribution in [3.05, 3.63) is 47.3 Å². The molecule has 1 aromatic carbocycles. The summed E-state index contributed by atoms with van der Waals surface area (Å²) in [6.45, 7) is 5.30. The van der Waals surface area contributed by atoms with Crippen molar-refractivity contribution in [2.45, 2.75) is 25.9 Å². The molecular formula is C19H21N3O5S. The minimum absolute atomic E-state index is 0.00438. The second kappa shape index (κ2) is 10.4. The van der Waals surface area contributed by atoms with Crippen molar-refractivity contribution in [1.82, 2.24) is 9.97 Å². The molecule has 1 amide bonds. The quantitative estimate of drug-likeness (QED) is 0.407. The maximum Gasteiger partial charge on any atom is 0.338 e. The van der Waals surface area contributed by atoms with Crippen LogP contribution >= 0.6 is 11.8 Å². The van der Waals surface area contributed by atoms with Crippen molar-refractivity contribution in [1.29, 1.82) is 0 Å². The zero-order valence-corrected chi connectivity index (χ0v) is 16.7. The van der Waals surface area contributed by atoms with Gasteiger partial charge in [-0.25, -0.2) is 14.8 Å². The molecule has 1 heterocycles. The summed E-state index contributed by atoms with van der Waals surface area (Å²) in [5.74, 6) is -1.45. The van der Waals surface area contributed by atoms with Gasteiger partial charge in [-0.05, 0) is 51.1 Å². The molecule has 0 saturated heterocycles. The third-order valence-corrected chi connectivity index (χ3v) is 4.15. The second-order valence-corrected chi connectivity index (χ2v) is 6.67. The first-order valence-electron chi connectivity index (χ1n) is 8.55. The molecular weight excluding hydrogens is 382 g/mol. The Labute approximate surface area is 167 Å². The summed E-state index contributed by atoms with van der Waals surface area (Å²) in [7, 11) is 0. The van der Waals surface area contributed by atoms with Gasteiger partial charge in [0, 0.05) is 17.1 Å². The van der Waals surface area contributed by atoms with Crippen LogP contribution in [0, 0.1) is 13.8 Å². The summed E-state index contributed by atoms with van der Waals surface area (Å²) in [6.07, 6.45) is 0. The highest BCUT2D eigenvalue weighted by molar-refractivity contribution is 7.99. The van der Waals surface area contributed by atoms with Crippen LogP contribution in [0.1, 0.15) is 28.7 Å². The number of hydrogen-bond acceptors (Lipinski definition) is 8. The molecule has 0 bridgehead atoms. The smallest absolute Gasteiger partial charge is 0.338 e. The van der Waals surface area contributed by atoms with Gasteiger partial charge in [0.15, 0.2) is 11.8 Å². The van der Waals surface area contributed by atoms with Crippen molar-refractivity contribution < 1.29 is 23.9 Å². The molecule has 0 radical (unpaired) electrons. The maximum atomic E-state index is 11.9. The van der Waals surface area contributed by atoms with Crippen molar-refractivity contribution in [2.75, 3.05) is 24.3 Å². The van der Waals surface area contributed by atoms with Gasteiger partial charge < -0.3 is 14.8 Å². The molecule has 0 saturated carbocycles. The Balaban J connectivity index is 1.75. The highest BCUT2D eigenvalue weighted by atomic mass is 32.2. The molecule has 9 heteroatoms. The number of anilines is 1. The first-order valence-corrected chi connectivity index (χ1v) is 9.53. The Bertz CT molecular complexity index is 835.